The molecule has 3 amide bonds. The summed E-state index contributed by atoms with van der Waals surface area (Å²) in [5.41, 5.74) is 2.98. The molecule has 198 valence electrons. The minimum Gasteiger partial charge on any atom is -0.342 e. The first-order chi connectivity index (χ1) is 18.6. The molecular weight excluding hydrogens is 527 g/mol. The number of carbonyl (C=O) groups is 3. The summed E-state index contributed by atoms with van der Waals surface area (Å²) in [7, 11) is 0. The Balaban J connectivity index is 1.34. The molecule has 5 rings (SSSR count). The van der Waals surface area contributed by atoms with E-state index < -0.39 is 35.3 Å². The van der Waals surface area contributed by atoms with Gasteiger partial charge in [0.1, 0.15) is 6.54 Å². The van der Waals surface area contributed by atoms with Crippen LogP contribution in [-0.4, -0.2) is 33.1 Å². The van der Waals surface area contributed by atoms with Gasteiger partial charge in [-0.05, 0) is 54.6 Å². The number of carbonyl (C=O) groups excluding carboxylic acids is 3. The number of hydrogen-bond acceptors (Lipinski definition) is 4. The smallest absolute Gasteiger partial charge is 0.342 e. The lowest BCUT2D eigenvalue weighted by molar-refractivity contribution is -0.137. The Bertz CT molecular complexity index is 1620. The number of aromatic nitrogens is 1. The molecule has 10 heteroatoms. The van der Waals surface area contributed by atoms with Gasteiger partial charge in [0.25, 0.3) is 11.1 Å². The first-order valence-corrected chi connectivity index (χ1v) is 12.8. The van der Waals surface area contributed by atoms with Gasteiger partial charge in [-0.15, -0.1) is 0 Å². The van der Waals surface area contributed by atoms with E-state index in [1.54, 1.807) is 6.08 Å². The predicted octanol–water partition coefficient (Wildman–Crippen LogP) is 6.69. The third kappa shape index (κ3) is 5.75. The van der Waals surface area contributed by atoms with Crippen LogP contribution in [0, 0.1) is 6.92 Å². The number of aryl methyl sites for hydroxylation is 1. The third-order valence-electron chi connectivity index (χ3n) is 6.23. The highest BCUT2D eigenvalue weighted by Gasteiger charge is 2.36. The Morgan fingerprint density at radius 1 is 1.00 bits per heavy atom. The highest BCUT2D eigenvalue weighted by molar-refractivity contribution is 8.18. The molecule has 1 fully saturated rings. The molecule has 3 aromatic carbocycles. The summed E-state index contributed by atoms with van der Waals surface area (Å²) in [6.07, 6.45) is -1.02. The van der Waals surface area contributed by atoms with E-state index in [0.29, 0.717) is 18.3 Å². The Labute approximate surface area is 226 Å². The van der Waals surface area contributed by atoms with Gasteiger partial charge in [0.2, 0.25) is 5.91 Å². The van der Waals surface area contributed by atoms with Crippen molar-refractivity contribution in [1.82, 2.24) is 9.47 Å². The van der Waals surface area contributed by atoms with E-state index in [2.05, 4.69) is 22.0 Å². The molecular formula is C29H22F3N3O3S. The average Bonchev–Trinajstić information content (AvgIpc) is 3.37. The summed E-state index contributed by atoms with van der Waals surface area (Å²) < 4.78 is 40.9. The monoisotopic (exact) mass is 549 g/mol. The minimum absolute atomic E-state index is 0.0845. The van der Waals surface area contributed by atoms with Crippen LogP contribution in [0.3, 0.4) is 0 Å². The fraction of sp³-hybridized carbons (Fsp3) is 0.138. The summed E-state index contributed by atoms with van der Waals surface area (Å²) in [6.45, 7) is 2.02. The second kappa shape index (κ2) is 10.5. The van der Waals surface area contributed by atoms with Gasteiger partial charge in [-0.2, -0.15) is 13.2 Å². The summed E-state index contributed by atoms with van der Waals surface area (Å²) in [6, 6.07) is 20.1. The maximum atomic E-state index is 13.0. The SMILES string of the molecule is Cc1ccc(Cn2cc(/C=C3\SC(=O)N(CC(=O)Nc4cccc(C(F)(F)F)c4)C3=O)c3ccccc32)cc1. The maximum Gasteiger partial charge on any atom is 0.416 e. The van der Waals surface area contributed by atoms with Crippen LogP contribution in [-0.2, 0) is 22.3 Å². The molecule has 0 atom stereocenters. The maximum absolute atomic E-state index is 13.0. The standard InChI is InChI=1S/C29H22F3N3O3S/c1-18-9-11-19(12-10-18)15-34-16-20(23-7-2-3-8-24(23)34)13-25-27(37)35(28(38)39-25)17-26(36)33-22-6-4-5-21(14-22)29(30,31)32/h2-14,16H,15,17H2,1H3,(H,33,36)/b25-13-. The molecule has 39 heavy (non-hydrogen) atoms. The highest BCUT2D eigenvalue weighted by atomic mass is 32.2. The summed E-state index contributed by atoms with van der Waals surface area (Å²) >= 11 is 0.715. The zero-order chi connectivity index (χ0) is 27.7. The molecule has 2 heterocycles. The number of thioether (sulfide) groups is 1. The molecule has 1 aliphatic rings. The molecule has 0 unspecified atom stereocenters. The number of alkyl halides is 3. The van der Waals surface area contributed by atoms with Gasteiger partial charge in [-0.3, -0.25) is 19.3 Å². The van der Waals surface area contributed by atoms with Crippen molar-refractivity contribution in [3.8, 4) is 0 Å². The van der Waals surface area contributed by atoms with Crippen LogP contribution in [0.25, 0.3) is 17.0 Å². The molecule has 1 saturated heterocycles. The van der Waals surface area contributed by atoms with Gasteiger partial charge in [0.15, 0.2) is 0 Å². The molecule has 1 aliphatic heterocycles. The van der Waals surface area contributed by atoms with Crippen molar-refractivity contribution < 1.29 is 27.6 Å². The topological polar surface area (TPSA) is 71.4 Å². The van der Waals surface area contributed by atoms with Crippen molar-refractivity contribution in [2.75, 3.05) is 11.9 Å². The van der Waals surface area contributed by atoms with Crippen molar-refractivity contribution in [3.05, 3.63) is 106 Å². The molecule has 0 bridgehead atoms. The number of rotatable bonds is 6. The van der Waals surface area contributed by atoms with Crippen LogP contribution in [0.2, 0.25) is 0 Å². The number of fused-ring (bicyclic) bond motifs is 1. The molecule has 0 saturated carbocycles. The van der Waals surface area contributed by atoms with E-state index in [4.69, 9.17) is 0 Å². The number of nitrogens with one attached hydrogen (secondary N) is 1. The number of benzene rings is 3. The number of hydrogen-bond donors (Lipinski definition) is 1. The average molecular weight is 550 g/mol. The fourth-order valence-corrected chi connectivity index (χ4v) is 5.14. The van der Waals surface area contributed by atoms with Crippen molar-refractivity contribution >= 4 is 51.5 Å². The Kier molecular flexibility index (Phi) is 7.05. The van der Waals surface area contributed by atoms with Gasteiger partial charge >= 0.3 is 6.18 Å². The number of nitrogens with zero attached hydrogens (tertiary/aromatic N) is 2. The van der Waals surface area contributed by atoms with Crippen LogP contribution in [0.1, 0.15) is 22.3 Å². The van der Waals surface area contributed by atoms with Crippen LogP contribution in [0.4, 0.5) is 23.7 Å². The van der Waals surface area contributed by atoms with E-state index in [1.807, 2.05) is 49.5 Å². The largest absolute Gasteiger partial charge is 0.416 e. The van der Waals surface area contributed by atoms with Crippen LogP contribution in [0.5, 0.6) is 0 Å². The number of para-hydroxylation sites is 1. The van der Waals surface area contributed by atoms with Gasteiger partial charge in [0.05, 0.1) is 10.5 Å². The Morgan fingerprint density at radius 2 is 1.74 bits per heavy atom. The molecule has 4 aromatic rings. The van der Waals surface area contributed by atoms with Crippen LogP contribution >= 0.6 is 11.8 Å². The van der Waals surface area contributed by atoms with Crippen molar-refractivity contribution in [1.29, 1.82) is 0 Å². The fourth-order valence-electron chi connectivity index (χ4n) is 4.31. The predicted molar refractivity (Wildman–Crippen MR) is 145 cm³/mol. The summed E-state index contributed by atoms with van der Waals surface area (Å²) in [5, 5.41) is 2.59. The van der Waals surface area contributed by atoms with Crippen LogP contribution < -0.4 is 5.32 Å². The molecule has 6 nitrogen and oxygen atoms in total. The zero-order valence-corrected chi connectivity index (χ0v) is 21.5. The lowest BCUT2D eigenvalue weighted by Gasteiger charge is -2.13. The zero-order valence-electron chi connectivity index (χ0n) is 20.7. The van der Waals surface area contributed by atoms with Crippen molar-refractivity contribution in [2.24, 2.45) is 0 Å². The number of amides is 3. The van der Waals surface area contributed by atoms with E-state index in [0.717, 1.165) is 50.7 Å². The second-order valence-electron chi connectivity index (χ2n) is 9.11. The highest BCUT2D eigenvalue weighted by Crippen LogP contribution is 2.35. The third-order valence-corrected chi connectivity index (χ3v) is 7.14. The first kappa shape index (κ1) is 26.3. The molecule has 0 aliphatic carbocycles. The summed E-state index contributed by atoms with van der Waals surface area (Å²) in [4.78, 5) is 39.1. The normalized spacial score (nSPS) is 15.0. The molecule has 1 aromatic heterocycles. The quantitative estimate of drug-likeness (QED) is 0.272. The molecule has 0 radical (unpaired) electrons. The van der Waals surface area contributed by atoms with Gasteiger partial charge in [-0.1, -0.05) is 54.1 Å². The minimum atomic E-state index is -4.57. The first-order valence-electron chi connectivity index (χ1n) is 11.9. The van der Waals surface area contributed by atoms with E-state index in [9.17, 15) is 27.6 Å². The van der Waals surface area contributed by atoms with Gasteiger partial charge in [-0.25, -0.2) is 0 Å². The number of halogens is 3. The van der Waals surface area contributed by atoms with Gasteiger partial charge < -0.3 is 9.88 Å². The van der Waals surface area contributed by atoms with Crippen molar-refractivity contribution in [2.45, 2.75) is 19.6 Å². The summed E-state index contributed by atoms with van der Waals surface area (Å²) in [5.74, 6) is -1.42. The molecule has 1 N–H and O–H groups in total. The lowest BCUT2D eigenvalue weighted by Crippen LogP contribution is -2.36. The van der Waals surface area contributed by atoms with Gasteiger partial charge in [0, 0.05) is 34.9 Å². The number of anilines is 1. The Hall–Kier alpha value is -4.31. The van der Waals surface area contributed by atoms with E-state index in [1.165, 1.54) is 6.07 Å². The van der Waals surface area contributed by atoms with Crippen molar-refractivity contribution in [3.63, 3.8) is 0 Å². The Morgan fingerprint density at radius 3 is 2.49 bits per heavy atom. The van der Waals surface area contributed by atoms with E-state index >= 15 is 0 Å². The lowest BCUT2D eigenvalue weighted by atomic mass is 10.1. The second-order valence-corrected chi connectivity index (χ2v) is 10.1. The molecule has 0 spiro atoms. The number of imide groups is 1. The van der Waals surface area contributed by atoms with E-state index in [-0.39, 0.29) is 10.6 Å². The van der Waals surface area contributed by atoms with Crippen LogP contribution in [0.15, 0.2) is 83.9 Å².